The maximum absolute atomic E-state index is 6.04. The smallest absolute Gasteiger partial charge is 0.107 e. The topological polar surface area (TPSA) is 48.5 Å². The third-order valence-corrected chi connectivity index (χ3v) is 5.82. The van der Waals surface area contributed by atoms with Gasteiger partial charge in [-0.25, -0.2) is 9.36 Å². The molecule has 0 aliphatic carbocycles. The Morgan fingerprint density at radius 1 is 0.800 bits per heavy atom. The summed E-state index contributed by atoms with van der Waals surface area (Å²) in [5.41, 5.74) is 3.85. The molecular formula is C23H16ClN5S. The molecule has 0 saturated heterocycles. The lowest BCUT2D eigenvalue weighted by Crippen LogP contribution is -1.95. The lowest BCUT2D eigenvalue weighted by atomic mass is 10.1. The van der Waals surface area contributed by atoms with Crippen LogP contribution in [0.1, 0.15) is 0 Å². The highest BCUT2D eigenvalue weighted by Crippen LogP contribution is 2.36. The lowest BCUT2D eigenvalue weighted by molar-refractivity contribution is 0.874. The summed E-state index contributed by atoms with van der Waals surface area (Å²) in [6.45, 7) is 0. The molecule has 0 aliphatic heterocycles. The average Bonchev–Trinajstić information content (AvgIpc) is 3.47. The molecule has 0 unspecified atom stereocenters. The Labute approximate surface area is 183 Å². The fourth-order valence-electron chi connectivity index (χ4n) is 3.08. The highest BCUT2D eigenvalue weighted by molar-refractivity contribution is 7.99. The lowest BCUT2D eigenvalue weighted by Gasteiger charge is -2.05. The molecule has 0 fully saturated rings. The maximum atomic E-state index is 6.04. The van der Waals surface area contributed by atoms with Crippen LogP contribution in [0, 0.1) is 0 Å². The number of pyridine rings is 1. The van der Waals surface area contributed by atoms with Crippen LogP contribution in [-0.2, 0) is 0 Å². The van der Waals surface area contributed by atoms with Crippen LogP contribution in [-0.4, -0.2) is 24.5 Å². The Bertz CT molecular complexity index is 1250. The normalized spacial score (nSPS) is 11.0. The van der Waals surface area contributed by atoms with Crippen LogP contribution in [0.15, 0.2) is 108 Å². The molecule has 7 heteroatoms. The largest absolute Gasteiger partial charge is 0.262 e. The number of hydrogen-bond donors (Lipinski definition) is 0. The van der Waals surface area contributed by atoms with E-state index < -0.39 is 0 Å². The molecule has 0 radical (unpaired) electrons. The van der Waals surface area contributed by atoms with Gasteiger partial charge in [-0.2, -0.15) is 10.2 Å². The number of halogens is 1. The first-order valence-corrected chi connectivity index (χ1v) is 10.5. The Morgan fingerprint density at radius 2 is 1.63 bits per heavy atom. The van der Waals surface area contributed by atoms with E-state index in [2.05, 4.69) is 22.2 Å². The predicted molar refractivity (Wildman–Crippen MR) is 119 cm³/mol. The Balaban J connectivity index is 1.55. The zero-order valence-corrected chi connectivity index (χ0v) is 17.3. The number of aromatic nitrogens is 5. The van der Waals surface area contributed by atoms with Crippen molar-refractivity contribution in [2.24, 2.45) is 0 Å². The van der Waals surface area contributed by atoms with Crippen molar-refractivity contribution in [2.45, 2.75) is 9.79 Å². The van der Waals surface area contributed by atoms with Crippen molar-refractivity contribution in [3.8, 4) is 22.6 Å². The second kappa shape index (κ2) is 8.18. The number of hydrogen-bond acceptors (Lipinski definition) is 4. The fraction of sp³-hybridized carbons (Fsp3) is 0. The molecule has 0 saturated carbocycles. The molecule has 5 aromatic rings. The minimum atomic E-state index is 0.722. The van der Waals surface area contributed by atoms with Gasteiger partial charge in [-0.1, -0.05) is 35.5 Å². The quantitative estimate of drug-likeness (QED) is 0.347. The van der Waals surface area contributed by atoms with E-state index in [0.717, 1.165) is 37.4 Å². The number of benzene rings is 2. The van der Waals surface area contributed by atoms with E-state index in [0.29, 0.717) is 0 Å². The molecule has 5 nitrogen and oxygen atoms in total. The van der Waals surface area contributed by atoms with Crippen molar-refractivity contribution < 1.29 is 0 Å². The molecular weight excluding hydrogens is 414 g/mol. The summed E-state index contributed by atoms with van der Waals surface area (Å²) in [7, 11) is 0. The van der Waals surface area contributed by atoms with Gasteiger partial charge in [-0.05, 0) is 54.6 Å². The van der Waals surface area contributed by atoms with Crippen LogP contribution >= 0.6 is 23.4 Å². The van der Waals surface area contributed by atoms with Gasteiger partial charge in [-0.15, -0.1) is 0 Å². The van der Waals surface area contributed by atoms with Crippen LogP contribution in [0.4, 0.5) is 0 Å². The van der Waals surface area contributed by atoms with Crippen LogP contribution in [0.2, 0.25) is 5.02 Å². The van der Waals surface area contributed by atoms with Crippen molar-refractivity contribution >= 4 is 23.4 Å². The summed E-state index contributed by atoms with van der Waals surface area (Å²) in [4.78, 5) is 6.36. The van der Waals surface area contributed by atoms with E-state index in [1.54, 1.807) is 30.4 Å². The van der Waals surface area contributed by atoms with E-state index >= 15 is 0 Å². The standard InChI is InChI=1S/C23H16ClN5S/c24-18-6-10-21(11-7-18)30-22-16-29(20-3-1-12-25-15-20)27-23(22)17-4-8-19(9-5-17)28-14-2-13-26-28/h1-16H. The molecule has 146 valence electrons. The first-order valence-electron chi connectivity index (χ1n) is 9.30. The van der Waals surface area contributed by atoms with Crippen molar-refractivity contribution in [3.63, 3.8) is 0 Å². The summed E-state index contributed by atoms with van der Waals surface area (Å²) < 4.78 is 3.70. The highest BCUT2D eigenvalue weighted by atomic mass is 35.5. The molecule has 0 spiro atoms. The highest BCUT2D eigenvalue weighted by Gasteiger charge is 2.14. The zero-order valence-electron chi connectivity index (χ0n) is 15.8. The van der Waals surface area contributed by atoms with Crippen molar-refractivity contribution in [1.82, 2.24) is 24.5 Å². The summed E-state index contributed by atoms with van der Waals surface area (Å²) in [6.07, 6.45) is 9.28. The minimum Gasteiger partial charge on any atom is -0.262 e. The third kappa shape index (κ3) is 3.87. The van der Waals surface area contributed by atoms with Gasteiger partial charge >= 0.3 is 0 Å². The summed E-state index contributed by atoms with van der Waals surface area (Å²) in [5, 5.41) is 9.87. The molecule has 0 bridgehead atoms. The van der Waals surface area contributed by atoms with Gasteiger partial charge in [0, 0.05) is 40.3 Å². The monoisotopic (exact) mass is 429 g/mol. The van der Waals surface area contributed by atoms with Crippen LogP contribution in [0.5, 0.6) is 0 Å². The van der Waals surface area contributed by atoms with Crippen LogP contribution < -0.4 is 0 Å². The van der Waals surface area contributed by atoms with Crippen LogP contribution in [0.3, 0.4) is 0 Å². The Kier molecular flexibility index (Phi) is 5.09. The first kappa shape index (κ1) is 18.7. The van der Waals surface area contributed by atoms with Gasteiger partial charge in [0.1, 0.15) is 5.69 Å². The van der Waals surface area contributed by atoms with E-state index in [1.165, 1.54) is 0 Å². The van der Waals surface area contributed by atoms with E-state index in [-0.39, 0.29) is 0 Å². The Hall–Kier alpha value is -3.35. The molecule has 30 heavy (non-hydrogen) atoms. The predicted octanol–water partition coefficient (Wildman–Crippen LogP) is 5.92. The molecule has 3 aromatic heterocycles. The molecule has 0 aliphatic rings. The molecule has 2 aromatic carbocycles. The molecule has 3 heterocycles. The number of nitrogens with zero attached hydrogens (tertiary/aromatic N) is 5. The maximum Gasteiger partial charge on any atom is 0.107 e. The number of rotatable bonds is 5. The summed E-state index contributed by atoms with van der Waals surface area (Å²) in [6, 6.07) is 21.8. The van der Waals surface area contributed by atoms with E-state index in [1.807, 2.05) is 76.4 Å². The molecule has 0 N–H and O–H groups in total. The summed E-state index contributed by atoms with van der Waals surface area (Å²) in [5.74, 6) is 0. The van der Waals surface area contributed by atoms with Crippen LogP contribution in [0.25, 0.3) is 22.6 Å². The van der Waals surface area contributed by atoms with Gasteiger partial charge in [-0.3, -0.25) is 4.98 Å². The van der Waals surface area contributed by atoms with Gasteiger partial charge in [0.15, 0.2) is 0 Å². The Morgan fingerprint density at radius 3 is 2.33 bits per heavy atom. The van der Waals surface area contributed by atoms with Gasteiger partial charge in [0.2, 0.25) is 0 Å². The average molecular weight is 430 g/mol. The first-order chi connectivity index (χ1) is 14.8. The van der Waals surface area contributed by atoms with E-state index in [9.17, 15) is 0 Å². The minimum absolute atomic E-state index is 0.722. The van der Waals surface area contributed by atoms with Crippen molar-refractivity contribution in [3.05, 3.63) is 103 Å². The second-order valence-corrected chi connectivity index (χ2v) is 8.10. The fourth-order valence-corrected chi connectivity index (χ4v) is 4.14. The summed E-state index contributed by atoms with van der Waals surface area (Å²) >= 11 is 7.70. The second-order valence-electron chi connectivity index (χ2n) is 6.55. The molecule has 5 rings (SSSR count). The van der Waals surface area contributed by atoms with Gasteiger partial charge < -0.3 is 0 Å². The zero-order chi connectivity index (χ0) is 20.3. The van der Waals surface area contributed by atoms with E-state index in [4.69, 9.17) is 16.7 Å². The van der Waals surface area contributed by atoms with Crippen molar-refractivity contribution in [1.29, 1.82) is 0 Å². The third-order valence-electron chi connectivity index (χ3n) is 4.54. The van der Waals surface area contributed by atoms with Gasteiger partial charge in [0.25, 0.3) is 0 Å². The van der Waals surface area contributed by atoms with Gasteiger partial charge in [0.05, 0.1) is 22.5 Å². The molecule has 0 atom stereocenters. The SMILES string of the molecule is Clc1ccc(Sc2cn(-c3cccnc3)nc2-c2ccc(-n3cccn3)cc2)cc1. The van der Waals surface area contributed by atoms with Crippen molar-refractivity contribution in [2.75, 3.05) is 0 Å². The molecule has 0 amide bonds.